The second-order valence-electron chi connectivity index (χ2n) is 6.17. The molecule has 0 radical (unpaired) electrons. The molecule has 4 nitrogen and oxygen atoms in total. The van der Waals surface area contributed by atoms with Gasteiger partial charge >= 0.3 is 0 Å². The number of rotatable bonds is 6. The molecule has 23 heavy (non-hydrogen) atoms. The Morgan fingerprint density at radius 3 is 2.83 bits per heavy atom. The third-order valence-electron chi connectivity index (χ3n) is 4.00. The lowest BCUT2D eigenvalue weighted by atomic mass is 10.1. The number of benzene rings is 1. The molecule has 1 aliphatic heterocycles. The molecule has 1 atom stereocenters. The number of hydrogen-bond donors (Lipinski definition) is 0. The van der Waals surface area contributed by atoms with Crippen LogP contribution in [0.2, 0.25) is 0 Å². The van der Waals surface area contributed by atoms with Crippen molar-refractivity contribution in [3.8, 4) is 0 Å². The van der Waals surface area contributed by atoms with Crippen LogP contribution in [0.15, 0.2) is 18.2 Å². The number of halogens is 2. The molecular formula is C17H24F2N2O2. The summed E-state index contributed by atoms with van der Waals surface area (Å²) >= 11 is 0. The quantitative estimate of drug-likeness (QED) is 0.802. The minimum Gasteiger partial charge on any atom is -0.374 e. The Labute approximate surface area is 136 Å². The molecule has 1 saturated heterocycles. The van der Waals surface area contributed by atoms with Gasteiger partial charge < -0.3 is 14.5 Å². The fourth-order valence-corrected chi connectivity index (χ4v) is 2.63. The van der Waals surface area contributed by atoms with E-state index >= 15 is 0 Å². The number of hydrogen-bond acceptors (Lipinski definition) is 3. The van der Waals surface area contributed by atoms with Crippen molar-refractivity contribution in [1.29, 1.82) is 0 Å². The molecule has 0 spiro atoms. The third-order valence-corrected chi connectivity index (χ3v) is 4.00. The lowest BCUT2D eigenvalue weighted by molar-refractivity contribution is -0.139. The van der Waals surface area contributed by atoms with E-state index in [0.717, 1.165) is 25.1 Å². The third kappa shape index (κ3) is 5.55. The van der Waals surface area contributed by atoms with E-state index in [0.29, 0.717) is 38.1 Å². The largest absolute Gasteiger partial charge is 0.374 e. The van der Waals surface area contributed by atoms with Crippen molar-refractivity contribution in [1.82, 2.24) is 9.80 Å². The molecule has 6 heteroatoms. The monoisotopic (exact) mass is 326 g/mol. The van der Waals surface area contributed by atoms with Crippen molar-refractivity contribution >= 4 is 5.91 Å². The fourth-order valence-electron chi connectivity index (χ4n) is 2.63. The summed E-state index contributed by atoms with van der Waals surface area (Å²) in [6.07, 6.45) is 1.67. The van der Waals surface area contributed by atoms with E-state index in [2.05, 4.69) is 4.90 Å². The van der Waals surface area contributed by atoms with Crippen LogP contribution in [0.4, 0.5) is 8.78 Å². The van der Waals surface area contributed by atoms with Crippen LogP contribution < -0.4 is 0 Å². The molecule has 0 saturated carbocycles. The average molecular weight is 326 g/mol. The summed E-state index contributed by atoms with van der Waals surface area (Å²) in [5.74, 6) is -1.70. The van der Waals surface area contributed by atoms with E-state index < -0.39 is 11.6 Å². The summed E-state index contributed by atoms with van der Waals surface area (Å²) in [7, 11) is 4.02. The van der Waals surface area contributed by atoms with E-state index in [1.807, 2.05) is 19.0 Å². The summed E-state index contributed by atoms with van der Waals surface area (Å²) in [6, 6.07) is 3.77. The van der Waals surface area contributed by atoms with E-state index in [-0.39, 0.29) is 12.0 Å². The first-order chi connectivity index (χ1) is 11.0. The zero-order valence-electron chi connectivity index (χ0n) is 13.7. The van der Waals surface area contributed by atoms with Crippen LogP contribution in [0.5, 0.6) is 0 Å². The van der Waals surface area contributed by atoms with Crippen LogP contribution >= 0.6 is 0 Å². The van der Waals surface area contributed by atoms with E-state index in [4.69, 9.17) is 4.74 Å². The van der Waals surface area contributed by atoms with Gasteiger partial charge in [0.25, 0.3) is 0 Å². The summed E-state index contributed by atoms with van der Waals surface area (Å²) < 4.78 is 31.8. The molecule has 1 aromatic rings. The molecule has 0 bridgehead atoms. The second kappa shape index (κ2) is 8.36. The van der Waals surface area contributed by atoms with Crippen molar-refractivity contribution in [3.05, 3.63) is 35.4 Å². The Bertz CT molecular complexity index is 537. The Hall–Kier alpha value is -1.53. The Kier molecular flexibility index (Phi) is 6.47. The molecule has 1 unspecified atom stereocenters. The van der Waals surface area contributed by atoms with Gasteiger partial charge in [-0.15, -0.1) is 0 Å². The lowest BCUT2D eigenvalue weighted by Gasteiger charge is -2.33. The van der Waals surface area contributed by atoms with Gasteiger partial charge in [-0.3, -0.25) is 4.79 Å². The standard InChI is InChI=1S/C17H24F2N2O2/c1-20(2)8-7-14-12-21(9-10-23-14)17(22)6-4-13-3-5-15(18)16(19)11-13/h3,5,11,14H,4,6-10,12H2,1-2H3. The minimum atomic E-state index is -0.870. The number of carbonyl (C=O) groups is 1. The first kappa shape index (κ1) is 17.8. The second-order valence-corrected chi connectivity index (χ2v) is 6.17. The molecule has 1 heterocycles. The number of amides is 1. The van der Waals surface area contributed by atoms with Gasteiger partial charge in [0, 0.05) is 26.1 Å². The smallest absolute Gasteiger partial charge is 0.223 e. The van der Waals surface area contributed by atoms with Crippen LogP contribution in [0.25, 0.3) is 0 Å². The first-order valence-corrected chi connectivity index (χ1v) is 7.93. The van der Waals surface area contributed by atoms with Gasteiger partial charge in [-0.2, -0.15) is 0 Å². The molecule has 2 rings (SSSR count). The van der Waals surface area contributed by atoms with E-state index in [9.17, 15) is 13.6 Å². The van der Waals surface area contributed by atoms with Gasteiger partial charge in [0.05, 0.1) is 12.7 Å². The van der Waals surface area contributed by atoms with Gasteiger partial charge in [-0.25, -0.2) is 8.78 Å². The minimum absolute atomic E-state index is 0.0351. The molecular weight excluding hydrogens is 302 g/mol. The van der Waals surface area contributed by atoms with Gasteiger partial charge in [0.2, 0.25) is 5.91 Å². The van der Waals surface area contributed by atoms with E-state index in [1.165, 1.54) is 6.07 Å². The van der Waals surface area contributed by atoms with Gasteiger partial charge in [-0.05, 0) is 44.6 Å². The molecule has 1 fully saturated rings. The average Bonchev–Trinajstić information content (AvgIpc) is 2.54. The van der Waals surface area contributed by atoms with Gasteiger partial charge in [-0.1, -0.05) is 6.07 Å². The summed E-state index contributed by atoms with van der Waals surface area (Å²) in [4.78, 5) is 16.2. The fraction of sp³-hybridized carbons (Fsp3) is 0.588. The van der Waals surface area contributed by atoms with Crippen LogP contribution in [0.1, 0.15) is 18.4 Å². The van der Waals surface area contributed by atoms with Crippen LogP contribution in [-0.2, 0) is 16.0 Å². The number of carbonyl (C=O) groups excluding carboxylic acids is 1. The molecule has 0 aliphatic carbocycles. The molecule has 1 amide bonds. The van der Waals surface area contributed by atoms with Crippen LogP contribution in [-0.4, -0.2) is 62.1 Å². The summed E-state index contributed by atoms with van der Waals surface area (Å²) in [5, 5.41) is 0. The Morgan fingerprint density at radius 1 is 1.35 bits per heavy atom. The molecule has 128 valence electrons. The maximum absolute atomic E-state index is 13.2. The molecule has 1 aliphatic rings. The number of morpholine rings is 1. The zero-order chi connectivity index (χ0) is 16.8. The SMILES string of the molecule is CN(C)CCC1CN(C(=O)CCc2ccc(F)c(F)c2)CCO1. The highest BCUT2D eigenvalue weighted by Gasteiger charge is 2.23. The number of ether oxygens (including phenoxy) is 1. The predicted octanol–water partition coefficient (Wildman–Crippen LogP) is 2.08. The summed E-state index contributed by atoms with van der Waals surface area (Å²) in [6.45, 7) is 2.66. The normalized spacial score (nSPS) is 18.5. The first-order valence-electron chi connectivity index (χ1n) is 7.93. The number of nitrogens with zero attached hydrogens (tertiary/aromatic N) is 2. The molecule has 0 N–H and O–H groups in total. The highest BCUT2D eigenvalue weighted by molar-refractivity contribution is 5.76. The summed E-state index contributed by atoms with van der Waals surface area (Å²) in [5.41, 5.74) is 0.634. The molecule has 1 aromatic carbocycles. The van der Waals surface area contributed by atoms with Gasteiger partial charge in [0.1, 0.15) is 0 Å². The highest BCUT2D eigenvalue weighted by Crippen LogP contribution is 2.14. The van der Waals surface area contributed by atoms with Crippen molar-refractivity contribution in [2.75, 3.05) is 40.3 Å². The zero-order valence-corrected chi connectivity index (χ0v) is 13.7. The maximum atomic E-state index is 13.2. The van der Waals surface area contributed by atoms with Gasteiger partial charge in [0.15, 0.2) is 11.6 Å². The predicted molar refractivity (Wildman–Crippen MR) is 84.2 cm³/mol. The Morgan fingerprint density at radius 2 is 2.13 bits per heavy atom. The highest BCUT2D eigenvalue weighted by atomic mass is 19.2. The number of aryl methyl sites for hydroxylation is 1. The van der Waals surface area contributed by atoms with Crippen molar-refractivity contribution in [2.45, 2.75) is 25.4 Å². The molecule has 0 aromatic heterocycles. The lowest BCUT2D eigenvalue weighted by Crippen LogP contribution is -2.46. The maximum Gasteiger partial charge on any atom is 0.223 e. The van der Waals surface area contributed by atoms with Crippen LogP contribution in [0.3, 0.4) is 0 Å². The topological polar surface area (TPSA) is 32.8 Å². The van der Waals surface area contributed by atoms with Crippen molar-refractivity contribution in [2.24, 2.45) is 0 Å². The van der Waals surface area contributed by atoms with Crippen molar-refractivity contribution < 1.29 is 18.3 Å². The Balaban J connectivity index is 1.81. The van der Waals surface area contributed by atoms with Crippen molar-refractivity contribution in [3.63, 3.8) is 0 Å². The van der Waals surface area contributed by atoms with E-state index in [1.54, 1.807) is 0 Å². The van der Waals surface area contributed by atoms with Crippen LogP contribution in [0, 0.1) is 11.6 Å².